The second-order valence-electron chi connectivity index (χ2n) is 7.63. The first-order chi connectivity index (χ1) is 15.2. The van der Waals surface area contributed by atoms with Gasteiger partial charge in [0.2, 0.25) is 12.1 Å². The number of aliphatic hydroxyl groups excluding tert-OH is 1. The van der Waals surface area contributed by atoms with Crippen molar-refractivity contribution in [2.75, 3.05) is 19.5 Å². The van der Waals surface area contributed by atoms with E-state index in [1.165, 1.54) is 0 Å². The first-order valence-electron chi connectivity index (χ1n) is 10.3. The van der Waals surface area contributed by atoms with Crippen LogP contribution in [0.3, 0.4) is 0 Å². The van der Waals surface area contributed by atoms with Crippen molar-refractivity contribution in [2.45, 2.75) is 18.9 Å². The number of methoxy groups -OCH3 is 1. The second-order valence-corrected chi connectivity index (χ2v) is 7.63. The number of rotatable bonds is 5. The molecule has 6 nitrogen and oxygen atoms in total. The number of aryl methyl sites for hydroxylation is 1. The van der Waals surface area contributed by atoms with Crippen molar-refractivity contribution in [3.63, 3.8) is 0 Å². The number of anilines is 1. The maximum absolute atomic E-state index is 9.26. The average molecular weight is 414 g/mol. The van der Waals surface area contributed by atoms with E-state index in [0.29, 0.717) is 24.7 Å². The molecule has 156 valence electrons. The van der Waals surface area contributed by atoms with E-state index >= 15 is 0 Å². The molecule has 0 radical (unpaired) electrons. The average Bonchev–Trinajstić information content (AvgIpc) is 2.82. The summed E-state index contributed by atoms with van der Waals surface area (Å²) in [6, 6.07) is 20.4. The predicted molar refractivity (Wildman–Crippen MR) is 119 cm³/mol. The highest BCUT2D eigenvalue weighted by Gasteiger charge is 2.36. The summed E-state index contributed by atoms with van der Waals surface area (Å²) in [6.07, 6.45) is 2.29. The Labute approximate surface area is 180 Å². The molecule has 0 saturated heterocycles. The SMILES string of the molecule is COc1ccc([C@H]2c3ccc4ccccc4c3Oc3nc[n+](CCCO)c(N)c32)cc1. The van der Waals surface area contributed by atoms with Crippen molar-refractivity contribution >= 4 is 16.6 Å². The smallest absolute Gasteiger partial charge is 0.306 e. The van der Waals surface area contributed by atoms with E-state index in [1.807, 2.05) is 28.8 Å². The maximum Gasteiger partial charge on any atom is 0.306 e. The molecule has 31 heavy (non-hydrogen) atoms. The van der Waals surface area contributed by atoms with Gasteiger partial charge in [-0.2, -0.15) is 0 Å². The van der Waals surface area contributed by atoms with Gasteiger partial charge in [0, 0.05) is 24.0 Å². The largest absolute Gasteiger partial charge is 0.497 e. The van der Waals surface area contributed by atoms with Gasteiger partial charge in [-0.3, -0.25) is 0 Å². The van der Waals surface area contributed by atoms with E-state index in [9.17, 15) is 5.11 Å². The Morgan fingerprint density at radius 2 is 1.90 bits per heavy atom. The van der Waals surface area contributed by atoms with Gasteiger partial charge < -0.3 is 20.3 Å². The van der Waals surface area contributed by atoms with Crippen LogP contribution in [0.25, 0.3) is 10.8 Å². The zero-order chi connectivity index (χ0) is 21.4. The zero-order valence-electron chi connectivity index (χ0n) is 17.3. The lowest BCUT2D eigenvalue weighted by Crippen LogP contribution is -2.40. The molecule has 1 aliphatic rings. The fourth-order valence-electron chi connectivity index (χ4n) is 4.29. The third-order valence-corrected chi connectivity index (χ3v) is 5.84. The van der Waals surface area contributed by atoms with Gasteiger partial charge in [0.25, 0.3) is 0 Å². The molecule has 0 bridgehead atoms. The number of hydrogen-bond acceptors (Lipinski definition) is 5. The van der Waals surface area contributed by atoms with Gasteiger partial charge in [-0.25, -0.2) is 4.57 Å². The summed E-state index contributed by atoms with van der Waals surface area (Å²) in [7, 11) is 1.66. The summed E-state index contributed by atoms with van der Waals surface area (Å²) in [4.78, 5) is 4.60. The molecule has 0 unspecified atom stereocenters. The van der Waals surface area contributed by atoms with Gasteiger partial charge in [-0.15, -0.1) is 0 Å². The van der Waals surface area contributed by atoms with Crippen LogP contribution < -0.4 is 19.8 Å². The molecule has 1 atom stereocenters. The Kier molecular flexibility index (Phi) is 4.92. The normalized spacial score (nSPS) is 14.6. The summed E-state index contributed by atoms with van der Waals surface area (Å²) in [5.74, 6) is 2.59. The Morgan fingerprint density at radius 1 is 1.10 bits per heavy atom. The van der Waals surface area contributed by atoms with Gasteiger partial charge in [0.05, 0.1) is 19.6 Å². The summed E-state index contributed by atoms with van der Waals surface area (Å²) < 4.78 is 13.6. The molecule has 2 heterocycles. The monoisotopic (exact) mass is 414 g/mol. The van der Waals surface area contributed by atoms with Gasteiger partial charge in [-0.05, 0) is 23.1 Å². The third kappa shape index (κ3) is 3.25. The summed E-state index contributed by atoms with van der Waals surface area (Å²) >= 11 is 0. The predicted octanol–water partition coefficient (Wildman–Crippen LogP) is 3.78. The second kappa shape index (κ2) is 7.89. The quantitative estimate of drug-likeness (QED) is 0.428. The lowest BCUT2D eigenvalue weighted by atomic mass is 9.82. The highest BCUT2D eigenvalue weighted by Crippen LogP contribution is 2.50. The van der Waals surface area contributed by atoms with Gasteiger partial charge >= 0.3 is 5.88 Å². The highest BCUT2D eigenvalue weighted by atomic mass is 16.5. The Balaban J connectivity index is 1.75. The van der Waals surface area contributed by atoms with Crippen LogP contribution in [0.5, 0.6) is 17.4 Å². The zero-order valence-corrected chi connectivity index (χ0v) is 17.3. The van der Waals surface area contributed by atoms with Crippen LogP contribution in [-0.2, 0) is 6.54 Å². The molecular formula is C25H24N3O3+. The minimum absolute atomic E-state index is 0.0940. The number of hydrogen-bond donors (Lipinski definition) is 2. The van der Waals surface area contributed by atoms with Crippen LogP contribution >= 0.6 is 0 Å². The van der Waals surface area contributed by atoms with E-state index in [4.69, 9.17) is 15.2 Å². The molecule has 0 spiro atoms. The van der Waals surface area contributed by atoms with E-state index in [0.717, 1.165) is 39.0 Å². The minimum Gasteiger partial charge on any atom is -0.497 e. The fourth-order valence-corrected chi connectivity index (χ4v) is 4.29. The van der Waals surface area contributed by atoms with Crippen LogP contribution in [0.1, 0.15) is 29.0 Å². The molecule has 5 rings (SSSR count). The summed E-state index contributed by atoms with van der Waals surface area (Å²) in [6.45, 7) is 0.680. The van der Waals surface area contributed by atoms with Crippen LogP contribution in [0, 0.1) is 0 Å². The lowest BCUT2D eigenvalue weighted by molar-refractivity contribution is -0.686. The maximum atomic E-state index is 9.26. The number of nitrogen functional groups attached to an aromatic ring is 1. The molecule has 0 aliphatic carbocycles. The highest BCUT2D eigenvalue weighted by molar-refractivity contribution is 5.91. The summed E-state index contributed by atoms with van der Waals surface area (Å²) in [5.41, 5.74) is 9.60. The molecule has 3 N–H and O–H groups in total. The molecule has 4 aromatic rings. The van der Waals surface area contributed by atoms with Crippen LogP contribution in [0.15, 0.2) is 67.0 Å². The van der Waals surface area contributed by atoms with Gasteiger partial charge in [0.15, 0.2) is 0 Å². The van der Waals surface area contributed by atoms with Crippen molar-refractivity contribution < 1.29 is 19.1 Å². The Hall–Kier alpha value is -3.64. The molecule has 0 amide bonds. The van der Waals surface area contributed by atoms with E-state index in [-0.39, 0.29) is 12.5 Å². The van der Waals surface area contributed by atoms with Crippen LogP contribution in [0.4, 0.5) is 5.82 Å². The number of aromatic nitrogens is 2. The third-order valence-electron chi connectivity index (χ3n) is 5.84. The van der Waals surface area contributed by atoms with Gasteiger partial charge in [-0.1, -0.05) is 53.5 Å². The first-order valence-corrected chi connectivity index (χ1v) is 10.3. The van der Waals surface area contributed by atoms with Crippen LogP contribution in [-0.4, -0.2) is 23.8 Å². The van der Waals surface area contributed by atoms with E-state index < -0.39 is 0 Å². The Morgan fingerprint density at radius 3 is 2.68 bits per heavy atom. The number of nitrogens with zero attached hydrogens (tertiary/aromatic N) is 2. The molecule has 1 aliphatic heterocycles. The number of nitrogens with two attached hydrogens (primary N) is 1. The number of benzene rings is 3. The minimum atomic E-state index is -0.136. The molecule has 6 heteroatoms. The molecular weight excluding hydrogens is 390 g/mol. The van der Waals surface area contributed by atoms with Crippen molar-refractivity contribution in [3.05, 3.63) is 83.7 Å². The molecule has 0 saturated carbocycles. The molecule has 0 fully saturated rings. The summed E-state index contributed by atoms with van der Waals surface area (Å²) in [5, 5.41) is 11.4. The van der Waals surface area contributed by atoms with Gasteiger partial charge in [0.1, 0.15) is 17.1 Å². The number of fused-ring (bicyclic) bond motifs is 4. The fraction of sp³-hybridized carbons (Fsp3) is 0.200. The van der Waals surface area contributed by atoms with Crippen molar-refractivity contribution in [3.8, 4) is 17.4 Å². The lowest BCUT2D eigenvalue weighted by Gasteiger charge is -2.28. The molecule has 1 aromatic heterocycles. The topological polar surface area (TPSA) is 81.5 Å². The van der Waals surface area contributed by atoms with Crippen molar-refractivity contribution in [1.82, 2.24) is 4.98 Å². The van der Waals surface area contributed by atoms with E-state index in [2.05, 4.69) is 41.4 Å². The molecule has 3 aromatic carbocycles. The van der Waals surface area contributed by atoms with E-state index in [1.54, 1.807) is 13.4 Å². The van der Waals surface area contributed by atoms with Crippen molar-refractivity contribution in [1.29, 1.82) is 0 Å². The Bertz CT molecular complexity index is 1260. The first kappa shape index (κ1) is 19.3. The standard InChI is InChI=1S/C25H23N3O3/c1-30-18-10-7-17(8-11-18)21-20-12-9-16-5-2-3-6-19(16)23(20)31-25-22(21)24(26)28(15-27-25)13-4-14-29/h2-3,5-12,15,21,26,29H,4,13-14H2,1H3/p+1/t21-/m0/s1. The number of ether oxygens (including phenoxy) is 2. The van der Waals surface area contributed by atoms with Crippen LogP contribution in [0.2, 0.25) is 0 Å². The number of aliphatic hydroxyl groups is 1. The van der Waals surface area contributed by atoms with Crippen molar-refractivity contribution in [2.24, 2.45) is 0 Å².